The Morgan fingerprint density at radius 3 is 2.67 bits per heavy atom. The van der Waals surface area contributed by atoms with Gasteiger partial charge in [0.1, 0.15) is 5.88 Å². The van der Waals surface area contributed by atoms with E-state index in [0.29, 0.717) is 29.8 Å². The molecule has 3 aliphatic rings. The van der Waals surface area contributed by atoms with Gasteiger partial charge in [0, 0.05) is 29.8 Å². The van der Waals surface area contributed by atoms with Crippen molar-refractivity contribution in [3.05, 3.63) is 39.6 Å². The summed E-state index contributed by atoms with van der Waals surface area (Å²) in [5.74, 6) is -0.109. The maximum Gasteiger partial charge on any atom is 0.271 e. The van der Waals surface area contributed by atoms with Gasteiger partial charge < -0.3 is 10.2 Å². The van der Waals surface area contributed by atoms with Crippen molar-refractivity contribution in [1.29, 1.82) is 0 Å². The molecule has 2 aliphatic carbocycles. The number of halogens is 1. The number of hydrogen-bond donors (Lipinski definition) is 1. The Morgan fingerprint density at radius 2 is 2.00 bits per heavy atom. The number of hydrogen-bond acceptors (Lipinski definition) is 5. The van der Waals surface area contributed by atoms with Crippen LogP contribution in [0.25, 0.3) is 0 Å². The fourth-order valence-corrected chi connectivity index (χ4v) is 5.36. The topological polar surface area (TPSA) is 92.5 Å². The van der Waals surface area contributed by atoms with Gasteiger partial charge in [-0.3, -0.25) is 19.7 Å². The zero-order valence-corrected chi connectivity index (χ0v) is 17.8. The van der Waals surface area contributed by atoms with Crippen LogP contribution in [-0.4, -0.2) is 28.5 Å². The summed E-state index contributed by atoms with van der Waals surface area (Å²) in [4.78, 5) is 38.9. The molecule has 1 amide bonds. The number of nitro groups is 1. The minimum absolute atomic E-state index is 0.0569. The number of benzene rings is 1. The van der Waals surface area contributed by atoms with Gasteiger partial charge in [-0.2, -0.15) is 0 Å². The van der Waals surface area contributed by atoms with E-state index in [1.807, 2.05) is 6.92 Å². The third-order valence-electron chi connectivity index (χ3n) is 6.50. The summed E-state index contributed by atoms with van der Waals surface area (Å²) in [5, 5.41) is 14.7. The van der Waals surface area contributed by atoms with Gasteiger partial charge in [0.25, 0.3) is 5.69 Å². The van der Waals surface area contributed by atoms with Crippen molar-refractivity contribution in [3.8, 4) is 0 Å². The molecule has 0 saturated heterocycles. The fraction of sp³-hybridized carbons (Fsp3) is 0.545. The Bertz CT molecular complexity index is 923. The monoisotopic (exact) mass is 431 g/mol. The molecular formula is C22H26ClN3O4. The molecule has 1 fully saturated rings. The molecule has 0 aromatic heterocycles. The molecule has 2 atom stereocenters. The van der Waals surface area contributed by atoms with E-state index < -0.39 is 4.92 Å². The van der Waals surface area contributed by atoms with Crippen LogP contribution in [0.5, 0.6) is 0 Å². The maximum atomic E-state index is 13.3. The zero-order chi connectivity index (χ0) is 21.4. The molecule has 8 heteroatoms. The Balaban J connectivity index is 1.93. The molecule has 30 heavy (non-hydrogen) atoms. The minimum Gasteiger partial charge on any atom is -0.357 e. The highest BCUT2D eigenvalue weighted by Crippen LogP contribution is 2.45. The summed E-state index contributed by atoms with van der Waals surface area (Å²) < 4.78 is 0. The second kappa shape index (κ2) is 8.38. The van der Waals surface area contributed by atoms with Crippen LogP contribution < -0.4 is 10.2 Å². The molecule has 7 nitrogen and oxygen atoms in total. The summed E-state index contributed by atoms with van der Waals surface area (Å²) in [6, 6.07) is 4.07. The third kappa shape index (κ3) is 3.71. The lowest BCUT2D eigenvalue weighted by Gasteiger charge is -2.40. The molecule has 0 radical (unpaired) electrons. The average molecular weight is 432 g/mol. The van der Waals surface area contributed by atoms with Crippen LogP contribution in [0.2, 0.25) is 0 Å². The molecule has 1 aromatic rings. The molecule has 160 valence electrons. The van der Waals surface area contributed by atoms with E-state index in [-0.39, 0.29) is 41.1 Å². The van der Waals surface area contributed by atoms with Crippen LogP contribution >= 0.6 is 11.6 Å². The molecule has 0 bridgehead atoms. The number of Topliss-reactive ketones (excluding diaryl/α,β-unsaturated/α-hetero) is 1. The number of anilines is 2. The number of fused-ring (bicyclic) bond motifs is 1. The summed E-state index contributed by atoms with van der Waals surface area (Å²) in [6.07, 6.45) is 6.30. The number of carbonyl (C=O) groups is 2. The van der Waals surface area contributed by atoms with Crippen molar-refractivity contribution in [3.63, 3.8) is 0 Å². The van der Waals surface area contributed by atoms with E-state index in [0.717, 1.165) is 37.8 Å². The van der Waals surface area contributed by atoms with Gasteiger partial charge in [-0.15, -0.1) is 11.6 Å². The van der Waals surface area contributed by atoms with Gasteiger partial charge in [0.2, 0.25) is 5.91 Å². The molecule has 1 saturated carbocycles. The van der Waals surface area contributed by atoms with Crippen molar-refractivity contribution in [2.45, 2.75) is 57.9 Å². The number of non-ortho nitro benzene ring substituents is 1. The molecule has 1 aromatic carbocycles. The first kappa shape index (κ1) is 20.8. The van der Waals surface area contributed by atoms with Crippen molar-refractivity contribution in [2.24, 2.45) is 11.8 Å². The van der Waals surface area contributed by atoms with E-state index in [9.17, 15) is 19.7 Å². The number of allylic oxidation sites excluding steroid dienone is 1. The van der Waals surface area contributed by atoms with Gasteiger partial charge in [-0.25, -0.2) is 0 Å². The SMILES string of the molecule is CC1CC(=O)C2=C(C1)Nc1cc([N+](=O)[O-])ccc1N(C(=O)CCl)C2C1CCCCC1. The summed E-state index contributed by atoms with van der Waals surface area (Å²) in [7, 11) is 0. The Kier molecular flexibility index (Phi) is 5.82. The number of rotatable bonds is 3. The first-order valence-corrected chi connectivity index (χ1v) is 11.1. The predicted octanol–water partition coefficient (Wildman–Crippen LogP) is 4.79. The first-order valence-electron chi connectivity index (χ1n) is 10.6. The molecule has 1 N–H and O–H groups in total. The zero-order valence-electron chi connectivity index (χ0n) is 17.0. The number of nitro benzene ring substituents is 1. The normalized spacial score (nSPS) is 24.6. The van der Waals surface area contributed by atoms with Crippen molar-refractivity contribution in [1.82, 2.24) is 0 Å². The van der Waals surface area contributed by atoms with Gasteiger partial charge in [-0.1, -0.05) is 26.2 Å². The number of ketones is 1. The fourth-order valence-electron chi connectivity index (χ4n) is 5.23. The first-order chi connectivity index (χ1) is 14.4. The van der Waals surface area contributed by atoms with Crippen LogP contribution in [-0.2, 0) is 9.59 Å². The summed E-state index contributed by atoms with van der Waals surface area (Å²) in [5.41, 5.74) is 2.43. The third-order valence-corrected chi connectivity index (χ3v) is 6.73. The Labute approximate surface area is 180 Å². The molecular weight excluding hydrogens is 406 g/mol. The van der Waals surface area contributed by atoms with Gasteiger partial charge in [-0.05, 0) is 37.2 Å². The molecule has 1 aliphatic heterocycles. The minimum atomic E-state index is -0.455. The summed E-state index contributed by atoms with van der Waals surface area (Å²) >= 11 is 6.00. The van der Waals surface area contributed by atoms with Gasteiger partial charge >= 0.3 is 0 Å². The highest BCUT2D eigenvalue weighted by molar-refractivity contribution is 6.30. The van der Waals surface area contributed by atoms with E-state index in [1.54, 1.807) is 11.0 Å². The highest BCUT2D eigenvalue weighted by Gasteiger charge is 2.43. The molecule has 2 unspecified atom stereocenters. The quantitative estimate of drug-likeness (QED) is 0.421. The molecule has 0 spiro atoms. The summed E-state index contributed by atoms with van der Waals surface area (Å²) in [6.45, 7) is 2.03. The number of amides is 1. The van der Waals surface area contributed by atoms with E-state index in [2.05, 4.69) is 5.32 Å². The lowest BCUT2D eigenvalue weighted by Crippen LogP contribution is -2.49. The van der Waals surface area contributed by atoms with Gasteiger partial charge in [0.05, 0.1) is 22.3 Å². The van der Waals surface area contributed by atoms with E-state index in [4.69, 9.17) is 11.6 Å². The van der Waals surface area contributed by atoms with Crippen molar-refractivity contribution < 1.29 is 14.5 Å². The second-order valence-corrected chi connectivity index (χ2v) is 8.92. The van der Waals surface area contributed by atoms with Crippen LogP contribution in [0.3, 0.4) is 0 Å². The van der Waals surface area contributed by atoms with Crippen LogP contribution in [0.15, 0.2) is 29.5 Å². The number of alkyl halides is 1. The van der Waals surface area contributed by atoms with E-state index in [1.165, 1.54) is 12.1 Å². The molecule has 1 heterocycles. The Hall–Kier alpha value is -2.41. The lowest BCUT2D eigenvalue weighted by atomic mass is 9.75. The van der Waals surface area contributed by atoms with Crippen LogP contribution in [0.4, 0.5) is 17.1 Å². The standard InChI is InChI=1S/C22H26ClN3O4/c1-13-9-17-21(19(27)10-13)22(14-5-3-2-4-6-14)25(20(28)12-23)18-8-7-15(26(29)30)11-16(18)24-17/h7-8,11,13-14,22,24H,2-6,9-10,12H2,1H3. The maximum absolute atomic E-state index is 13.3. The van der Waals surface area contributed by atoms with Crippen LogP contribution in [0.1, 0.15) is 51.9 Å². The number of nitrogens with one attached hydrogen (secondary N) is 1. The van der Waals surface area contributed by atoms with Crippen molar-refractivity contribution in [2.75, 3.05) is 16.1 Å². The smallest absolute Gasteiger partial charge is 0.271 e. The van der Waals surface area contributed by atoms with Gasteiger partial charge in [0.15, 0.2) is 5.78 Å². The average Bonchev–Trinajstić information content (AvgIpc) is 2.87. The predicted molar refractivity (Wildman–Crippen MR) is 116 cm³/mol. The van der Waals surface area contributed by atoms with Crippen LogP contribution in [0, 0.1) is 22.0 Å². The second-order valence-electron chi connectivity index (χ2n) is 8.65. The molecule has 4 rings (SSSR count). The number of nitrogens with zero attached hydrogens (tertiary/aromatic N) is 2. The highest BCUT2D eigenvalue weighted by atomic mass is 35.5. The Morgan fingerprint density at radius 1 is 1.27 bits per heavy atom. The number of carbonyl (C=O) groups excluding carboxylic acids is 2. The largest absolute Gasteiger partial charge is 0.357 e. The van der Waals surface area contributed by atoms with Crippen molar-refractivity contribution >= 4 is 40.4 Å². The lowest BCUT2D eigenvalue weighted by molar-refractivity contribution is -0.384. The van der Waals surface area contributed by atoms with E-state index >= 15 is 0 Å².